The van der Waals surface area contributed by atoms with Crippen LogP contribution in [0.1, 0.15) is 5.56 Å². The minimum Gasteiger partial charge on any atom is -0.361 e. The van der Waals surface area contributed by atoms with E-state index in [-0.39, 0.29) is 5.91 Å². The summed E-state index contributed by atoms with van der Waals surface area (Å²) in [5.41, 5.74) is 8.02. The monoisotopic (exact) mass is 321 g/mol. The fraction of sp³-hybridized carbons (Fsp3) is 0.214. The third-order valence-electron chi connectivity index (χ3n) is 2.91. The third kappa shape index (κ3) is 3.45. The molecule has 100 valence electrons. The van der Waals surface area contributed by atoms with Gasteiger partial charge >= 0.3 is 0 Å². The Hall–Kier alpha value is -1.59. The first-order valence-electron chi connectivity index (χ1n) is 5.99. The maximum atomic E-state index is 11.8. The quantitative estimate of drug-likeness (QED) is 0.788. The zero-order chi connectivity index (χ0) is 13.8. The highest BCUT2D eigenvalue weighted by molar-refractivity contribution is 9.11. The number of nitrogens with two attached hydrogens (primary N) is 1. The number of amides is 1. The second kappa shape index (κ2) is 6.04. The smallest absolute Gasteiger partial charge is 0.237 e. The average molecular weight is 322 g/mol. The number of nitrogens with one attached hydrogen (secondary N) is 2. The Balaban J connectivity index is 2.04. The van der Waals surface area contributed by atoms with Gasteiger partial charge in [-0.2, -0.15) is 0 Å². The predicted molar refractivity (Wildman–Crippen MR) is 81.1 cm³/mol. The number of carbonyl (C=O) groups is 1. The van der Waals surface area contributed by atoms with Gasteiger partial charge in [0.2, 0.25) is 5.91 Å². The summed E-state index contributed by atoms with van der Waals surface area (Å²) >= 11 is 3.19. The van der Waals surface area contributed by atoms with Crippen LogP contribution in [0.5, 0.6) is 0 Å². The van der Waals surface area contributed by atoms with Gasteiger partial charge in [-0.25, -0.2) is 0 Å². The number of H-pyrrole nitrogens is 1. The zero-order valence-corrected chi connectivity index (χ0v) is 12.0. The van der Waals surface area contributed by atoms with E-state index >= 15 is 0 Å². The summed E-state index contributed by atoms with van der Waals surface area (Å²) in [7, 11) is 0. The summed E-state index contributed by atoms with van der Waals surface area (Å²) in [5, 5.41) is 3.83. The average Bonchev–Trinajstić information content (AvgIpc) is 2.79. The Bertz CT molecular complexity index is 606. The summed E-state index contributed by atoms with van der Waals surface area (Å²) in [6.45, 7) is 4.05. The molecule has 0 saturated heterocycles. The zero-order valence-electron chi connectivity index (χ0n) is 10.4. The summed E-state index contributed by atoms with van der Waals surface area (Å²) < 4.78 is 0.722. The lowest BCUT2D eigenvalue weighted by Gasteiger charge is -2.11. The number of hydrogen-bond acceptors (Lipinski definition) is 2. The lowest BCUT2D eigenvalue weighted by Crippen LogP contribution is -2.42. The van der Waals surface area contributed by atoms with Crippen molar-refractivity contribution < 1.29 is 4.79 Å². The van der Waals surface area contributed by atoms with E-state index in [1.807, 2.05) is 30.5 Å². The van der Waals surface area contributed by atoms with Crippen LogP contribution in [-0.2, 0) is 11.2 Å². The molecule has 5 heteroatoms. The fourth-order valence-corrected chi connectivity index (χ4v) is 2.08. The molecule has 0 aliphatic heterocycles. The van der Waals surface area contributed by atoms with Crippen molar-refractivity contribution in [1.82, 2.24) is 10.3 Å². The molecule has 2 aromatic rings. The number of para-hydroxylation sites is 1. The first kappa shape index (κ1) is 13.8. The molecule has 4 N–H and O–H groups in total. The van der Waals surface area contributed by atoms with Crippen LogP contribution in [-0.4, -0.2) is 23.5 Å². The molecule has 19 heavy (non-hydrogen) atoms. The number of halogens is 1. The Morgan fingerprint density at radius 3 is 2.95 bits per heavy atom. The van der Waals surface area contributed by atoms with Gasteiger partial charge in [-0.05, 0) is 18.1 Å². The molecule has 1 amide bonds. The van der Waals surface area contributed by atoms with Crippen molar-refractivity contribution in [2.24, 2.45) is 5.73 Å². The lowest BCUT2D eigenvalue weighted by atomic mass is 10.1. The van der Waals surface area contributed by atoms with Crippen molar-refractivity contribution in [2.75, 3.05) is 6.54 Å². The van der Waals surface area contributed by atoms with Crippen molar-refractivity contribution in [3.05, 3.63) is 47.1 Å². The second-order valence-corrected chi connectivity index (χ2v) is 5.53. The minimum absolute atomic E-state index is 0.175. The normalized spacial score (nSPS) is 12.3. The van der Waals surface area contributed by atoms with Crippen LogP contribution < -0.4 is 11.1 Å². The number of fused-ring (bicyclic) bond motifs is 1. The maximum absolute atomic E-state index is 11.8. The van der Waals surface area contributed by atoms with Crippen LogP contribution in [0.25, 0.3) is 10.9 Å². The topological polar surface area (TPSA) is 70.9 Å². The van der Waals surface area contributed by atoms with Gasteiger partial charge in [-0.15, -0.1) is 0 Å². The molecule has 0 fully saturated rings. The van der Waals surface area contributed by atoms with Gasteiger partial charge in [0, 0.05) is 28.1 Å². The largest absolute Gasteiger partial charge is 0.361 e. The van der Waals surface area contributed by atoms with E-state index in [1.54, 1.807) is 0 Å². The van der Waals surface area contributed by atoms with Crippen molar-refractivity contribution in [3.8, 4) is 0 Å². The lowest BCUT2D eigenvalue weighted by molar-refractivity contribution is -0.122. The number of aromatic nitrogens is 1. The number of hydrogen-bond donors (Lipinski definition) is 3. The van der Waals surface area contributed by atoms with E-state index < -0.39 is 6.04 Å². The summed E-state index contributed by atoms with van der Waals surface area (Å²) in [5.74, 6) is -0.175. The Morgan fingerprint density at radius 2 is 2.21 bits per heavy atom. The van der Waals surface area contributed by atoms with Crippen LogP contribution in [0.4, 0.5) is 0 Å². The molecule has 0 saturated carbocycles. The molecule has 1 unspecified atom stereocenters. The number of aromatic amines is 1. The van der Waals surface area contributed by atoms with Gasteiger partial charge in [0.1, 0.15) is 0 Å². The molecule has 1 heterocycles. The SMILES string of the molecule is C=C(Br)CNC(=O)C(N)Cc1c[nH]c2ccccc12. The van der Waals surface area contributed by atoms with E-state index in [9.17, 15) is 4.79 Å². The van der Waals surface area contributed by atoms with E-state index in [0.29, 0.717) is 13.0 Å². The van der Waals surface area contributed by atoms with Gasteiger partial charge in [-0.3, -0.25) is 4.79 Å². The van der Waals surface area contributed by atoms with Crippen LogP contribution in [0.3, 0.4) is 0 Å². The highest BCUT2D eigenvalue weighted by Gasteiger charge is 2.15. The molecular weight excluding hydrogens is 306 g/mol. The van der Waals surface area contributed by atoms with Crippen LogP contribution in [0.2, 0.25) is 0 Å². The Labute approximate surface area is 120 Å². The molecule has 0 radical (unpaired) electrons. The molecule has 1 aromatic heterocycles. The van der Waals surface area contributed by atoms with E-state index in [2.05, 4.69) is 32.8 Å². The van der Waals surface area contributed by atoms with Gasteiger partial charge < -0.3 is 16.0 Å². The maximum Gasteiger partial charge on any atom is 0.237 e. The van der Waals surface area contributed by atoms with E-state index in [4.69, 9.17) is 5.73 Å². The van der Waals surface area contributed by atoms with Gasteiger partial charge in [-0.1, -0.05) is 40.7 Å². The second-order valence-electron chi connectivity index (χ2n) is 4.41. The highest BCUT2D eigenvalue weighted by Crippen LogP contribution is 2.18. The molecule has 4 nitrogen and oxygen atoms in total. The molecule has 1 atom stereocenters. The number of carbonyl (C=O) groups excluding carboxylic acids is 1. The Morgan fingerprint density at radius 1 is 1.47 bits per heavy atom. The number of rotatable bonds is 5. The molecule has 2 rings (SSSR count). The van der Waals surface area contributed by atoms with Gasteiger partial charge in [0.05, 0.1) is 6.04 Å². The molecular formula is C14H16BrN3O. The molecule has 0 bridgehead atoms. The molecule has 1 aromatic carbocycles. The summed E-state index contributed by atoms with van der Waals surface area (Å²) in [4.78, 5) is 15.0. The van der Waals surface area contributed by atoms with Crippen LogP contribution in [0.15, 0.2) is 41.5 Å². The van der Waals surface area contributed by atoms with Crippen molar-refractivity contribution in [3.63, 3.8) is 0 Å². The van der Waals surface area contributed by atoms with E-state index in [0.717, 1.165) is 20.9 Å². The number of benzene rings is 1. The van der Waals surface area contributed by atoms with E-state index in [1.165, 1.54) is 0 Å². The van der Waals surface area contributed by atoms with Crippen molar-refractivity contribution in [2.45, 2.75) is 12.5 Å². The van der Waals surface area contributed by atoms with Crippen LogP contribution >= 0.6 is 15.9 Å². The van der Waals surface area contributed by atoms with Gasteiger partial charge in [0.15, 0.2) is 0 Å². The standard InChI is InChI=1S/C14H16BrN3O/c1-9(15)7-18-14(19)12(16)6-10-8-17-13-5-3-2-4-11(10)13/h2-5,8,12,17H,1,6-7,16H2,(H,18,19). The summed E-state index contributed by atoms with van der Waals surface area (Å²) in [6, 6.07) is 7.40. The molecule has 0 aliphatic carbocycles. The van der Waals surface area contributed by atoms with Crippen molar-refractivity contribution >= 4 is 32.7 Å². The third-order valence-corrected chi connectivity index (χ3v) is 3.19. The fourth-order valence-electron chi connectivity index (χ4n) is 1.94. The first-order chi connectivity index (χ1) is 9.08. The summed E-state index contributed by atoms with van der Waals surface area (Å²) in [6.07, 6.45) is 2.41. The van der Waals surface area contributed by atoms with Crippen LogP contribution in [0, 0.1) is 0 Å². The molecule has 0 spiro atoms. The molecule has 0 aliphatic rings. The van der Waals surface area contributed by atoms with Crippen molar-refractivity contribution in [1.29, 1.82) is 0 Å². The Kier molecular flexibility index (Phi) is 4.39. The first-order valence-corrected chi connectivity index (χ1v) is 6.79. The van der Waals surface area contributed by atoms with Gasteiger partial charge in [0.25, 0.3) is 0 Å². The highest BCUT2D eigenvalue weighted by atomic mass is 79.9. The minimum atomic E-state index is -0.564. The predicted octanol–water partition coefficient (Wildman–Crippen LogP) is 2.06.